The number of esters is 1. The van der Waals surface area contributed by atoms with Gasteiger partial charge in [0.2, 0.25) is 5.71 Å². The minimum absolute atomic E-state index is 0.268. The lowest BCUT2D eigenvalue weighted by atomic mass is 10.2. The lowest BCUT2D eigenvalue weighted by molar-refractivity contribution is 0.0526. The topological polar surface area (TPSA) is 94.5 Å². The van der Waals surface area contributed by atoms with E-state index in [4.69, 9.17) is 14.9 Å². The predicted molar refractivity (Wildman–Crippen MR) is 90.7 cm³/mol. The van der Waals surface area contributed by atoms with Crippen LogP contribution in [-0.4, -0.2) is 40.5 Å². The van der Waals surface area contributed by atoms with E-state index in [2.05, 4.69) is 14.9 Å². The fourth-order valence-electron chi connectivity index (χ4n) is 3.20. The van der Waals surface area contributed by atoms with Crippen molar-refractivity contribution in [3.05, 3.63) is 17.1 Å². The standard InChI is InChI=1S/C17H24N4O3/c1-3-23-17(22)13-11(2)24-16-14(13)15(18)19-12(20-16)10-21-8-6-4-5-7-9-21/h3-10H2,1-2H3,(H2,18,19,20). The molecule has 7 heteroatoms. The maximum Gasteiger partial charge on any atom is 0.342 e. The van der Waals surface area contributed by atoms with Crippen LogP contribution in [0.15, 0.2) is 4.42 Å². The van der Waals surface area contributed by atoms with Gasteiger partial charge in [-0.3, -0.25) is 4.90 Å². The number of furan rings is 1. The summed E-state index contributed by atoms with van der Waals surface area (Å²) in [6.07, 6.45) is 4.95. The molecule has 2 aromatic heterocycles. The summed E-state index contributed by atoms with van der Waals surface area (Å²) in [5, 5.41) is 0.450. The highest BCUT2D eigenvalue weighted by molar-refractivity contribution is 6.07. The minimum atomic E-state index is -0.454. The number of ether oxygens (including phenoxy) is 1. The third-order valence-electron chi connectivity index (χ3n) is 4.35. The van der Waals surface area contributed by atoms with Crippen molar-refractivity contribution in [2.45, 2.75) is 46.1 Å². The number of nitrogens with zero attached hydrogens (tertiary/aromatic N) is 3. The molecule has 0 aromatic carbocycles. The van der Waals surface area contributed by atoms with Gasteiger partial charge in [0.05, 0.1) is 18.5 Å². The number of aromatic nitrogens is 2. The molecule has 0 saturated carbocycles. The third kappa shape index (κ3) is 3.36. The van der Waals surface area contributed by atoms with Crippen molar-refractivity contribution in [1.29, 1.82) is 0 Å². The second-order valence-corrected chi connectivity index (χ2v) is 6.15. The maximum atomic E-state index is 12.1. The zero-order chi connectivity index (χ0) is 17.1. The van der Waals surface area contributed by atoms with Gasteiger partial charge in [-0.2, -0.15) is 4.98 Å². The second-order valence-electron chi connectivity index (χ2n) is 6.15. The molecule has 1 saturated heterocycles. The summed E-state index contributed by atoms with van der Waals surface area (Å²) >= 11 is 0. The predicted octanol–water partition coefficient (Wildman–Crippen LogP) is 2.67. The molecule has 7 nitrogen and oxygen atoms in total. The van der Waals surface area contributed by atoms with E-state index in [1.165, 1.54) is 25.7 Å². The smallest absolute Gasteiger partial charge is 0.342 e. The SMILES string of the molecule is CCOC(=O)c1c(C)oc2nc(CN3CCCCCC3)nc(N)c12. The van der Waals surface area contributed by atoms with Gasteiger partial charge >= 0.3 is 5.97 Å². The fraction of sp³-hybridized carbons (Fsp3) is 0.588. The summed E-state index contributed by atoms with van der Waals surface area (Å²) in [6.45, 7) is 6.50. The molecule has 0 aliphatic carbocycles. The quantitative estimate of drug-likeness (QED) is 0.860. The number of hydrogen-bond acceptors (Lipinski definition) is 7. The van der Waals surface area contributed by atoms with Crippen LogP contribution in [0.25, 0.3) is 11.1 Å². The normalized spacial score (nSPS) is 16.2. The lowest BCUT2D eigenvalue weighted by Gasteiger charge is -2.18. The number of nitrogen functional groups attached to an aromatic ring is 1. The molecular weight excluding hydrogens is 308 g/mol. The van der Waals surface area contributed by atoms with E-state index >= 15 is 0 Å². The Bertz CT molecular complexity index is 733. The molecule has 3 rings (SSSR count). The number of rotatable bonds is 4. The lowest BCUT2D eigenvalue weighted by Crippen LogP contribution is -2.25. The van der Waals surface area contributed by atoms with E-state index in [1.54, 1.807) is 13.8 Å². The molecule has 1 fully saturated rings. The van der Waals surface area contributed by atoms with Gasteiger partial charge in [0.15, 0.2) is 0 Å². The first-order chi connectivity index (χ1) is 11.6. The monoisotopic (exact) mass is 332 g/mol. The number of carbonyl (C=O) groups excluding carboxylic acids is 1. The first-order valence-electron chi connectivity index (χ1n) is 8.55. The van der Waals surface area contributed by atoms with Gasteiger partial charge in [-0.25, -0.2) is 9.78 Å². The zero-order valence-electron chi connectivity index (χ0n) is 14.3. The van der Waals surface area contributed by atoms with Crippen LogP contribution in [0.2, 0.25) is 0 Å². The van der Waals surface area contributed by atoms with Crippen molar-refractivity contribution < 1.29 is 13.9 Å². The minimum Gasteiger partial charge on any atom is -0.462 e. The Kier molecular flexibility index (Phi) is 4.99. The molecule has 0 unspecified atom stereocenters. The Morgan fingerprint density at radius 3 is 2.62 bits per heavy atom. The van der Waals surface area contributed by atoms with Gasteiger partial charge in [0.25, 0.3) is 0 Å². The van der Waals surface area contributed by atoms with Crippen LogP contribution in [0.3, 0.4) is 0 Å². The number of fused-ring (bicyclic) bond motifs is 1. The van der Waals surface area contributed by atoms with Gasteiger partial charge in [-0.1, -0.05) is 12.8 Å². The molecule has 3 heterocycles. The summed E-state index contributed by atoms with van der Waals surface area (Å²) in [6, 6.07) is 0. The highest BCUT2D eigenvalue weighted by Gasteiger charge is 2.24. The number of carbonyl (C=O) groups is 1. The van der Waals surface area contributed by atoms with Crippen molar-refractivity contribution >= 4 is 22.9 Å². The molecule has 0 radical (unpaired) electrons. The van der Waals surface area contributed by atoms with Crippen molar-refractivity contribution in [2.75, 3.05) is 25.4 Å². The van der Waals surface area contributed by atoms with Crippen LogP contribution in [0.5, 0.6) is 0 Å². The van der Waals surface area contributed by atoms with Crippen molar-refractivity contribution in [2.24, 2.45) is 0 Å². The molecule has 1 aliphatic rings. The summed E-state index contributed by atoms with van der Waals surface area (Å²) in [5.74, 6) is 0.900. The Labute approximate surface area is 141 Å². The van der Waals surface area contributed by atoms with E-state index in [0.717, 1.165) is 13.1 Å². The summed E-state index contributed by atoms with van der Waals surface area (Å²) in [5.41, 5.74) is 6.78. The molecule has 0 amide bonds. The molecule has 24 heavy (non-hydrogen) atoms. The molecule has 2 N–H and O–H groups in total. The number of likely N-dealkylation sites (tertiary alicyclic amines) is 1. The first kappa shape index (κ1) is 16.7. The Hall–Kier alpha value is -2.15. The van der Waals surface area contributed by atoms with Gasteiger partial charge in [-0.05, 0) is 39.8 Å². The molecule has 0 bridgehead atoms. The van der Waals surface area contributed by atoms with Crippen molar-refractivity contribution in [1.82, 2.24) is 14.9 Å². The molecule has 2 aromatic rings. The van der Waals surface area contributed by atoms with Crippen LogP contribution < -0.4 is 5.73 Å². The van der Waals surface area contributed by atoms with Crippen LogP contribution in [0.4, 0.5) is 5.82 Å². The van der Waals surface area contributed by atoms with Crippen molar-refractivity contribution in [3.63, 3.8) is 0 Å². The molecule has 1 aliphatic heterocycles. The van der Waals surface area contributed by atoms with E-state index in [9.17, 15) is 4.79 Å². The number of anilines is 1. The van der Waals surface area contributed by atoms with Crippen molar-refractivity contribution in [3.8, 4) is 0 Å². The van der Waals surface area contributed by atoms with Crippen LogP contribution in [0, 0.1) is 6.92 Å². The fourth-order valence-corrected chi connectivity index (χ4v) is 3.20. The number of hydrogen-bond donors (Lipinski definition) is 1. The zero-order valence-corrected chi connectivity index (χ0v) is 14.3. The van der Waals surface area contributed by atoms with Crippen LogP contribution in [0.1, 0.15) is 54.5 Å². The Balaban J connectivity index is 1.91. The van der Waals surface area contributed by atoms with Gasteiger partial charge in [0, 0.05) is 0 Å². The van der Waals surface area contributed by atoms with E-state index in [-0.39, 0.29) is 5.82 Å². The van der Waals surface area contributed by atoms with E-state index < -0.39 is 5.97 Å². The number of aryl methyl sites for hydroxylation is 1. The molecule has 0 atom stereocenters. The maximum absolute atomic E-state index is 12.1. The summed E-state index contributed by atoms with van der Waals surface area (Å²) in [7, 11) is 0. The van der Waals surface area contributed by atoms with E-state index in [0.29, 0.717) is 41.4 Å². The van der Waals surface area contributed by atoms with Gasteiger partial charge < -0.3 is 14.9 Å². The molecule has 0 spiro atoms. The summed E-state index contributed by atoms with van der Waals surface area (Å²) in [4.78, 5) is 23.4. The average Bonchev–Trinajstić information content (AvgIpc) is 2.70. The molecular formula is C17H24N4O3. The second kappa shape index (κ2) is 7.17. The van der Waals surface area contributed by atoms with Gasteiger partial charge in [0.1, 0.15) is 23.0 Å². The number of nitrogens with two attached hydrogens (primary N) is 1. The highest BCUT2D eigenvalue weighted by Crippen LogP contribution is 2.29. The Morgan fingerprint density at radius 2 is 1.96 bits per heavy atom. The third-order valence-corrected chi connectivity index (χ3v) is 4.35. The van der Waals surface area contributed by atoms with E-state index in [1.807, 2.05) is 0 Å². The van der Waals surface area contributed by atoms with Crippen LogP contribution >= 0.6 is 0 Å². The largest absolute Gasteiger partial charge is 0.462 e. The van der Waals surface area contributed by atoms with Crippen LogP contribution in [-0.2, 0) is 11.3 Å². The average molecular weight is 332 g/mol. The first-order valence-corrected chi connectivity index (χ1v) is 8.55. The Morgan fingerprint density at radius 1 is 1.25 bits per heavy atom. The highest BCUT2D eigenvalue weighted by atomic mass is 16.5. The molecule has 130 valence electrons. The summed E-state index contributed by atoms with van der Waals surface area (Å²) < 4.78 is 10.7. The van der Waals surface area contributed by atoms with Gasteiger partial charge in [-0.15, -0.1) is 0 Å².